The number of fused-ring (bicyclic) bond motifs is 1. The minimum absolute atomic E-state index is 0.158. The van der Waals surface area contributed by atoms with E-state index in [2.05, 4.69) is 27.8 Å². The second-order valence-corrected chi connectivity index (χ2v) is 4.61. The molecule has 98 valence electrons. The van der Waals surface area contributed by atoms with Crippen molar-refractivity contribution in [3.63, 3.8) is 0 Å². The Kier molecular flexibility index (Phi) is 4.20. The van der Waals surface area contributed by atoms with Gasteiger partial charge in [0, 0.05) is 24.7 Å². The van der Waals surface area contributed by atoms with Crippen molar-refractivity contribution < 1.29 is 9.53 Å². The van der Waals surface area contributed by atoms with Crippen molar-refractivity contribution in [2.24, 2.45) is 5.73 Å². The summed E-state index contributed by atoms with van der Waals surface area (Å²) in [5, 5.41) is 0. The minimum atomic E-state index is -0.158. The van der Waals surface area contributed by atoms with Gasteiger partial charge in [0.05, 0.1) is 13.5 Å². The maximum absolute atomic E-state index is 11.2. The van der Waals surface area contributed by atoms with Gasteiger partial charge in [0.1, 0.15) is 0 Å². The molecule has 18 heavy (non-hydrogen) atoms. The molecular formula is C14H20N2O2. The standard InChI is InChI=1S/C14H20N2O2/c1-18-14(17)7-9-16-10-11(6-8-15)12-4-2-3-5-13(12)16/h2-5,11H,6-10,15H2,1H3. The second kappa shape index (κ2) is 5.87. The van der Waals surface area contributed by atoms with Crippen LogP contribution in [0.15, 0.2) is 24.3 Å². The summed E-state index contributed by atoms with van der Waals surface area (Å²) >= 11 is 0. The number of esters is 1. The molecule has 1 aromatic rings. The fourth-order valence-corrected chi connectivity index (χ4v) is 2.57. The molecule has 0 fully saturated rings. The number of benzene rings is 1. The Morgan fingerprint density at radius 2 is 2.28 bits per heavy atom. The number of hydrogen-bond acceptors (Lipinski definition) is 4. The molecule has 4 heteroatoms. The van der Waals surface area contributed by atoms with Crippen LogP contribution in [0.4, 0.5) is 5.69 Å². The van der Waals surface area contributed by atoms with Crippen molar-refractivity contribution in [2.45, 2.75) is 18.8 Å². The highest BCUT2D eigenvalue weighted by atomic mass is 16.5. The highest BCUT2D eigenvalue weighted by molar-refractivity contribution is 5.70. The third-order valence-corrected chi connectivity index (χ3v) is 3.49. The fraction of sp³-hybridized carbons (Fsp3) is 0.500. The van der Waals surface area contributed by atoms with Gasteiger partial charge >= 0.3 is 5.97 Å². The van der Waals surface area contributed by atoms with E-state index in [1.54, 1.807) is 0 Å². The molecule has 1 unspecified atom stereocenters. The molecule has 1 aromatic carbocycles. The summed E-state index contributed by atoms with van der Waals surface area (Å²) < 4.78 is 4.69. The minimum Gasteiger partial charge on any atom is -0.469 e. The fourth-order valence-electron chi connectivity index (χ4n) is 2.57. The van der Waals surface area contributed by atoms with Crippen LogP contribution in [0.2, 0.25) is 0 Å². The van der Waals surface area contributed by atoms with Crippen LogP contribution in [0.25, 0.3) is 0 Å². The van der Waals surface area contributed by atoms with Crippen LogP contribution >= 0.6 is 0 Å². The van der Waals surface area contributed by atoms with E-state index < -0.39 is 0 Å². The second-order valence-electron chi connectivity index (χ2n) is 4.61. The van der Waals surface area contributed by atoms with Crippen molar-refractivity contribution in [3.05, 3.63) is 29.8 Å². The molecule has 1 atom stereocenters. The molecule has 0 saturated heterocycles. The molecular weight excluding hydrogens is 228 g/mol. The van der Waals surface area contributed by atoms with E-state index >= 15 is 0 Å². The average molecular weight is 248 g/mol. The quantitative estimate of drug-likeness (QED) is 0.802. The van der Waals surface area contributed by atoms with Crippen molar-refractivity contribution in [2.75, 3.05) is 31.6 Å². The van der Waals surface area contributed by atoms with Gasteiger partial charge in [-0.25, -0.2) is 0 Å². The number of rotatable bonds is 5. The number of hydrogen-bond donors (Lipinski definition) is 1. The first-order valence-corrected chi connectivity index (χ1v) is 6.37. The number of para-hydroxylation sites is 1. The van der Waals surface area contributed by atoms with Crippen LogP contribution in [0.1, 0.15) is 24.3 Å². The Morgan fingerprint density at radius 1 is 1.50 bits per heavy atom. The Hall–Kier alpha value is -1.55. The summed E-state index contributed by atoms with van der Waals surface area (Å²) in [4.78, 5) is 13.5. The van der Waals surface area contributed by atoms with Gasteiger partial charge in [-0.3, -0.25) is 4.79 Å². The normalized spacial score (nSPS) is 17.7. The summed E-state index contributed by atoms with van der Waals surface area (Å²) in [5.74, 6) is 0.332. The van der Waals surface area contributed by atoms with E-state index in [1.165, 1.54) is 18.4 Å². The van der Waals surface area contributed by atoms with E-state index in [0.29, 0.717) is 25.4 Å². The molecule has 0 spiro atoms. The molecule has 1 heterocycles. The largest absolute Gasteiger partial charge is 0.469 e. The number of nitrogens with two attached hydrogens (primary N) is 1. The molecule has 2 rings (SSSR count). The molecule has 0 radical (unpaired) electrons. The van der Waals surface area contributed by atoms with E-state index in [0.717, 1.165) is 13.0 Å². The lowest BCUT2D eigenvalue weighted by atomic mass is 9.98. The number of carbonyl (C=O) groups is 1. The zero-order valence-corrected chi connectivity index (χ0v) is 10.8. The van der Waals surface area contributed by atoms with E-state index in [9.17, 15) is 4.79 Å². The van der Waals surface area contributed by atoms with Crippen LogP contribution in [0.3, 0.4) is 0 Å². The number of carbonyl (C=O) groups excluding carboxylic acids is 1. The predicted molar refractivity (Wildman–Crippen MR) is 71.7 cm³/mol. The van der Waals surface area contributed by atoms with Gasteiger partial charge in [-0.15, -0.1) is 0 Å². The summed E-state index contributed by atoms with van der Waals surface area (Å²) in [6, 6.07) is 8.37. The lowest BCUT2D eigenvalue weighted by Gasteiger charge is -2.19. The van der Waals surface area contributed by atoms with E-state index in [4.69, 9.17) is 5.73 Å². The Labute approximate surface area is 108 Å². The molecule has 2 N–H and O–H groups in total. The van der Waals surface area contributed by atoms with Gasteiger partial charge in [0.25, 0.3) is 0 Å². The zero-order valence-electron chi connectivity index (χ0n) is 10.8. The van der Waals surface area contributed by atoms with Crippen molar-refractivity contribution in [1.82, 2.24) is 0 Å². The van der Waals surface area contributed by atoms with Gasteiger partial charge in [0.15, 0.2) is 0 Å². The maximum Gasteiger partial charge on any atom is 0.307 e. The Morgan fingerprint density at radius 3 is 3.00 bits per heavy atom. The molecule has 0 amide bonds. The summed E-state index contributed by atoms with van der Waals surface area (Å²) in [7, 11) is 1.43. The number of nitrogens with zero attached hydrogens (tertiary/aromatic N) is 1. The van der Waals surface area contributed by atoms with E-state index in [-0.39, 0.29) is 5.97 Å². The molecule has 1 aliphatic rings. The molecule has 0 saturated carbocycles. The number of anilines is 1. The number of ether oxygens (including phenoxy) is 1. The first-order valence-electron chi connectivity index (χ1n) is 6.37. The molecule has 4 nitrogen and oxygen atoms in total. The topological polar surface area (TPSA) is 55.6 Å². The molecule has 0 aromatic heterocycles. The Balaban J connectivity index is 2.07. The SMILES string of the molecule is COC(=O)CCN1CC(CCN)c2ccccc21. The van der Waals surface area contributed by atoms with Gasteiger partial charge in [-0.1, -0.05) is 18.2 Å². The van der Waals surface area contributed by atoms with Crippen molar-refractivity contribution in [1.29, 1.82) is 0 Å². The first-order chi connectivity index (χ1) is 8.76. The summed E-state index contributed by atoms with van der Waals surface area (Å²) in [6.07, 6.45) is 1.42. The van der Waals surface area contributed by atoms with Crippen molar-refractivity contribution >= 4 is 11.7 Å². The van der Waals surface area contributed by atoms with Crippen LogP contribution in [0.5, 0.6) is 0 Å². The van der Waals surface area contributed by atoms with Crippen LogP contribution in [0, 0.1) is 0 Å². The lowest BCUT2D eigenvalue weighted by Crippen LogP contribution is -2.25. The summed E-state index contributed by atoms with van der Waals surface area (Å²) in [6.45, 7) is 2.36. The van der Waals surface area contributed by atoms with Crippen LogP contribution in [-0.4, -0.2) is 32.7 Å². The predicted octanol–water partition coefficient (Wildman–Crippen LogP) is 1.50. The molecule has 0 aliphatic carbocycles. The van der Waals surface area contributed by atoms with Crippen LogP contribution < -0.4 is 10.6 Å². The van der Waals surface area contributed by atoms with Gasteiger partial charge in [0.2, 0.25) is 0 Å². The Bertz CT molecular complexity index is 420. The molecule has 1 aliphatic heterocycles. The highest BCUT2D eigenvalue weighted by Gasteiger charge is 2.27. The zero-order chi connectivity index (χ0) is 13.0. The third-order valence-electron chi connectivity index (χ3n) is 3.49. The maximum atomic E-state index is 11.2. The lowest BCUT2D eigenvalue weighted by molar-refractivity contribution is -0.140. The highest BCUT2D eigenvalue weighted by Crippen LogP contribution is 2.37. The first kappa shape index (κ1) is 12.9. The summed E-state index contributed by atoms with van der Waals surface area (Å²) in [5.41, 5.74) is 8.25. The monoisotopic (exact) mass is 248 g/mol. The van der Waals surface area contributed by atoms with E-state index in [1.807, 2.05) is 6.07 Å². The van der Waals surface area contributed by atoms with Gasteiger partial charge in [-0.05, 0) is 24.6 Å². The smallest absolute Gasteiger partial charge is 0.307 e. The number of methoxy groups -OCH3 is 1. The third kappa shape index (κ3) is 2.64. The van der Waals surface area contributed by atoms with Gasteiger partial charge in [-0.2, -0.15) is 0 Å². The van der Waals surface area contributed by atoms with Crippen molar-refractivity contribution in [3.8, 4) is 0 Å². The van der Waals surface area contributed by atoms with Gasteiger partial charge < -0.3 is 15.4 Å². The van der Waals surface area contributed by atoms with Crippen LogP contribution in [-0.2, 0) is 9.53 Å². The average Bonchev–Trinajstić information content (AvgIpc) is 2.75. The molecule has 0 bridgehead atoms.